The summed E-state index contributed by atoms with van der Waals surface area (Å²) in [6, 6.07) is 8.69. The Hall–Kier alpha value is -2.43. The normalized spacial score (nSPS) is 9.94. The van der Waals surface area contributed by atoms with Crippen LogP contribution in [0.4, 0.5) is 11.5 Å². The first kappa shape index (κ1) is 11.1. The maximum atomic E-state index is 11.9. The molecule has 0 spiro atoms. The van der Waals surface area contributed by atoms with Gasteiger partial charge in [-0.2, -0.15) is 0 Å². The average Bonchev–Trinajstić information content (AvgIpc) is 2.29. The molecule has 2 heterocycles. The smallest absolute Gasteiger partial charge is 0.277 e. The lowest BCUT2D eigenvalue weighted by Gasteiger charge is -2.05. The number of carbonyl (C=O) groups is 1. The topological polar surface area (TPSA) is 80.9 Å². The summed E-state index contributed by atoms with van der Waals surface area (Å²) in [6.07, 6.45) is 1.52. The number of nitrogens with zero attached hydrogens (tertiary/aromatic N) is 2. The molecule has 2 rings (SSSR count). The Balaban J connectivity index is 2.20. The molecule has 0 fully saturated rings. The maximum Gasteiger partial charge on any atom is 0.277 e. The quantitative estimate of drug-likeness (QED) is 0.818. The second-order valence-corrected chi connectivity index (χ2v) is 3.56. The number of aryl methyl sites for hydroxylation is 1. The van der Waals surface area contributed by atoms with Crippen molar-refractivity contribution in [2.24, 2.45) is 0 Å². The Morgan fingerprint density at radius 3 is 2.82 bits per heavy atom. The van der Waals surface area contributed by atoms with Gasteiger partial charge in [0.05, 0.1) is 5.69 Å². The van der Waals surface area contributed by atoms with E-state index in [2.05, 4.69) is 15.3 Å². The molecule has 0 aliphatic heterocycles. The summed E-state index contributed by atoms with van der Waals surface area (Å²) in [5, 5.41) is 2.65. The second kappa shape index (κ2) is 4.61. The van der Waals surface area contributed by atoms with Crippen LogP contribution < -0.4 is 11.1 Å². The molecule has 1 amide bonds. The molecule has 0 saturated heterocycles. The Morgan fingerprint density at radius 1 is 1.29 bits per heavy atom. The number of nitrogens with one attached hydrogen (secondary N) is 1. The lowest BCUT2D eigenvalue weighted by atomic mass is 10.3. The van der Waals surface area contributed by atoms with Gasteiger partial charge in [0, 0.05) is 11.9 Å². The van der Waals surface area contributed by atoms with E-state index in [0.29, 0.717) is 11.5 Å². The third-order valence-electron chi connectivity index (χ3n) is 2.18. The van der Waals surface area contributed by atoms with Crippen molar-refractivity contribution in [2.45, 2.75) is 6.92 Å². The molecule has 2 aromatic rings. The van der Waals surface area contributed by atoms with E-state index < -0.39 is 0 Å². The van der Waals surface area contributed by atoms with E-state index in [9.17, 15) is 4.79 Å². The highest BCUT2D eigenvalue weighted by atomic mass is 16.1. The Kier molecular flexibility index (Phi) is 3.00. The number of nitrogen functional groups attached to an aromatic ring is 1. The first-order valence-corrected chi connectivity index (χ1v) is 5.12. The van der Waals surface area contributed by atoms with Gasteiger partial charge in [-0.3, -0.25) is 4.79 Å². The van der Waals surface area contributed by atoms with Crippen LogP contribution >= 0.6 is 0 Å². The van der Waals surface area contributed by atoms with Crippen molar-refractivity contribution < 1.29 is 4.79 Å². The van der Waals surface area contributed by atoms with Crippen molar-refractivity contribution >= 4 is 17.4 Å². The highest BCUT2D eigenvalue weighted by molar-refractivity contribution is 6.05. The molecule has 0 aliphatic rings. The number of nitrogens with two attached hydrogens (primary N) is 1. The molecule has 2 aromatic heterocycles. The Morgan fingerprint density at radius 2 is 2.12 bits per heavy atom. The fourth-order valence-electron chi connectivity index (χ4n) is 1.40. The summed E-state index contributed by atoms with van der Waals surface area (Å²) in [4.78, 5) is 20.0. The van der Waals surface area contributed by atoms with Crippen molar-refractivity contribution in [3.8, 4) is 0 Å². The van der Waals surface area contributed by atoms with E-state index in [1.165, 1.54) is 6.20 Å². The van der Waals surface area contributed by atoms with Crippen molar-refractivity contribution in [3.63, 3.8) is 0 Å². The van der Waals surface area contributed by atoms with Crippen LogP contribution in [0.3, 0.4) is 0 Å². The molecule has 86 valence electrons. The third kappa shape index (κ3) is 2.57. The van der Waals surface area contributed by atoms with Crippen LogP contribution in [0, 0.1) is 6.92 Å². The van der Waals surface area contributed by atoms with Gasteiger partial charge in [0.25, 0.3) is 5.91 Å². The summed E-state index contributed by atoms with van der Waals surface area (Å²) in [5.74, 6) is 0.126. The summed E-state index contributed by atoms with van der Waals surface area (Å²) in [7, 11) is 0. The SMILES string of the molecule is Cc1cccc(NC(=O)c2ncccc2N)n1. The lowest BCUT2D eigenvalue weighted by Crippen LogP contribution is -2.16. The van der Waals surface area contributed by atoms with Crippen LogP contribution in [0.15, 0.2) is 36.5 Å². The third-order valence-corrected chi connectivity index (χ3v) is 2.18. The Bertz CT molecular complexity index is 554. The predicted octanol–water partition coefficient (Wildman–Crippen LogP) is 1.62. The average molecular weight is 228 g/mol. The minimum absolute atomic E-state index is 0.204. The van der Waals surface area contributed by atoms with Crippen molar-refractivity contribution in [1.29, 1.82) is 0 Å². The first-order valence-electron chi connectivity index (χ1n) is 5.12. The highest BCUT2D eigenvalue weighted by Crippen LogP contribution is 2.10. The van der Waals surface area contributed by atoms with Gasteiger partial charge in [0.1, 0.15) is 5.82 Å². The van der Waals surface area contributed by atoms with E-state index in [1.807, 2.05) is 19.1 Å². The van der Waals surface area contributed by atoms with E-state index in [4.69, 9.17) is 5.73 Å². The molecule has 0 bridgehead atoms. The lowest BCUT2D eigenvalue weighted by molar-refractivity contribution is 0.102. The van der Waals surface area contributed by atoms with Crippen LogP contribution in [0.5, 0.6) is 0 Å². The molecule has 0 atom stereocenters. The predicted molar refractivity (Wildman–Crippen MR) is 65.6 cm³/mol. The van der Waals surface area contributed by atoms with Gasteiger partial charge in [0.2, 0.25) is 0 Å². The summed E-state index contributed by atoms with van der Waals surface area (Å²) >= 11 is 0. The molecule has 0 unspecified atom stereocenters. The van der Waals surface area contributed by atoms with Gasteiger partial charge in [-0.05, 0) is 31.2 Å². The van der Waals surface area contributed by atoms with Gasteiger partial charge in [-0.1, -0.05) is 6.07 Å². The van der Waals surface area contributed by atoms with Gasteiger partial charge >= 0.3 is 0 Å². The zero-order valence-electron chi connectivity index (χ0n) is 9.34. The van der Waals surface area contributed by atoms with Gasteiger partial charge in [-0.25, -0.2) is 9.97 Å². The number of rotatable bonds is 2. The van der Waals surface area contributed by atoms with Crippen molar-refractivity contribution in [2.75, 3.05) is 11.1 Å². The van der Waals surface area contributed by atoms with Crippen molar-refractivity contribution in [3.05, 3.63) is 47.9 Å². The molecule has 17 heavy (non-hydrogen) atoms. The van der Waals surface area contributed by atoms with Gasteiger partial charge in [0.15, 0.2) is 5.69 Å². The fourth-order valence-corrected chi connectivity index (χ4v) is 1.40. The molecular weight excluding hydrogens is 216 g/mol. The minimum Gasteiger partial charge on any atom is -0.397 e. The van der Waals surface area contributed by atoms with Crippen molar-refractivity contribution in [1.82, 2.24) is 9.97 Å². The molecule has 5 heteroatoms. The zero-order valence-corrected chi connectivity index (χ0v) is 9.34. The molecule has 3 N–H and O–H groups in total. The number of carbonyl (C=O) groups excluding carboxylic acids is 1. The molecule has 5 nitrogen and oxygen atoms in total. The molecule has 0 saturated carbocycles. The van der Waals surface area contributed by atoms with Gasteiger partial charge in [-0.15, -0.1) is 0 Å². The number of amides is 1. The van der Waals surface area contributed by atoms with Crippen LogP contribution in [-0.2, 0) is 0 Å². The van der Waals surface area contributed by atoms with Crippen LogP contribution in [0.2, 0.25) is 0 Å². The first-order chi connectivity index (χ1) is 8.16. The standard InChI is InChI=1S/C12H12N4O/c1-8-4-2-6-10(15-8)16-12(17)11-9(13)5-3-7-14-11/h2-7H,13H2,1H3,(H,15,16,17). The number of hydrogen-bond donors (Lipinski definition) is 2. The summed E-state index contributed by atoms with van der Waals surface area (Å²) in [5.41, 5.74) is 7.04. The van der Waals surface area contributed by atoms with Crippen LogP contribution in [0.1, 0.15) is 16.2 Å². The second-order valence-electron chi connectivity index (χ2n) is 3.56. The number of aromatic nitrogens is 2. The van der Waals surface area contributed by atoms with Crippen LogP contribution in [0.25, 0.3) is 0 Å². The van der Waals surface area contributed by atoms with E-state index >= 15 is 0 Å². The number of anilines is 2. The van der Waals surface area contributed by atoms with Crippen LogP contribution in [-0.4, -0.2) is 15.9 Å². The summed E-state index contributed by atoms with van der Waals surface area (Å²) in [6.45, 7) is 1.85. The maximum absolute atomic E-state index is 11.9. The fraction of sp³-hybridized carbons (Fsp3) is 0.0833. The highest BCUT2D eigenvalue weighted by Gasteiger charge is 2.11. The Labute approximate surface area is 98.7 Å². The molecule has 0 aliphatic carbocycles. The largest absolute Gasteiger partial charge is 0.397 e. The molecule has 0 radical (unpaired) electrons. The minimum atomic E-state index is -0.360. The molecular formula is C12H12N4O. The number of pyridine rings is 2. The van der Waals surface area contributed by atoms with E-state index in [-0.39, 0.29) is 11.6 Å². The zero-order chi connectivity index (χ0) is 12.3. The monoisotopic (exact) mass is 228 g/mol. The van der Waals surface area contributed by atoms with Gasteiger partial charge < -0.3 is 11.1 Å². The summed E-state index contributed by atoms with van der Waals surface area (Å²) < 4.78 is 0. The van der Waals surface area contributed by atoms with E-state index in [0.717, 1.165) is 5.69 Å². The van der Waals surface area contributed by atoms with E-state index in [1.54, 1.807) is 18.2 Å². The molecule has 0 aromatic carbocycles. The number of hydrogen-bond acceptors (Lipinski definition) is 4.